The van der Waals surface area contributed by atoms with Crippen molar-refractivity contribution in [2.24, 2.45) is 4.99 Å². The number of rotatable bonds is 6. The van der Waals surface area contributed by atoms with Crippen LogP contribution in [-0.4, -0.2) is 18.7 Å². The molecule has 0 aromatic heterocycles. The molecule has 0 saturated carbocycles. The van der Waals surface area contributed by atoms with Gasteiger partial charge >= 0.3 is 0 Å². The quantitative estimate of drug-likeness (QED) is 0.314. The number of carbonyl (C=O) groups excluding carboxylic acids is 1. The van der Waals surface area contributed by atoms with Gasteiger partial charge in [-0.05, 0) is 99.7 Å². The first-order valence-electron chi connectivity index (χ1n) is 9.52. The zero-order chi connectivity index (χ0) is 22.5. The molecule has 1 N–H and O–H groups in total. The zero-order valence-electron chi connectivity index (χ0n) is 17.3. The van der Waals surface area contributed by atoms with Crippen LogP contribution in [0.15, 0.2) is 62.5 Å². The van der Waals surface area contributed by atoms with Crippen LogP contribution in [0.1, 0.15) is 22.3 Å². The van der Waals surface area contributed by atoms with E-state index in [0.29, 0.717) is 16.5 Å². The first-order valence-corrected chi connectivity index (χ1v) is 11.5. The summed E-state index contributed by atoms with van der Waals surface area (Å²) in [5.41, 5.74) is 5.72. The van der Waals surface area contributed by atoms with Crippen LogP contribution in [-0.2, 0) is 4.79 Å². The van der Waals surface area contributed by atoms with E-state index < -0.39 is 0 Å². The molecule has 0 saturated heterocycles. The van der Waals surface area contributed by atoms with Crippen LogP contribution in [0.3, 0.4) is 0 Å². The maximum absolute atomic E-state index is 12.3. The summed E-state index contributed by atoms with van der Waals surface area (Å²) in [6.45, 7) is 5.86. The molecule has 0 aliphatic carbocycles. The highest BCUT2D eigenvalue weighted by molar-refractivity contribution is 9.11. The minimum Gasteiger partial charge on any atom is -0.481 e. The molecule has 0 aliphatic rings. The second-order valence-electron chi connectivity index (χ2n) is 7.16. The van der Waals surface area contributed by atoms with Gasteiger partial charge in [0.15, 0.2) is 6.61 Å². The number of amides is 1. The first kappa shape index (κ1) is 23.5. The summed E-state index contributed by atoms with van der Waals surface area (Å²) < 4.78 is 7.16. The molecule has 0 aliphatic heterocycles. The first-order chi connectivity index (χ1) is 14.7. The lowest BCUT2D eigenvalue weighted by molar-refractivity contribution is -0.118. The van der Waals surface area contributed by atoms with E-state index in [1.807, 2.05) is 44.2 Å². The van der Waals surface area contributed by atoms with Gasteiger partial charge in [0, 0.05) is 16.9 Å². The van der Waals surface area contributed by atoms with E-state index in [9.17, 15) is 4.79 Å². The maximum Gasteiger partial charge on any atom is 0.262 e. The summed E-state index contributed by atoms with van der Waals surface area (Å²) in [6.07, 6.45) is 1.80. The number of aryl methyl sites for hydroxylation is 3. The van der Waals surface area contributed by atoms with E-state index in [0.717, 1.165) is 31.3 Å². The van der Waals surface area contributed by atoms with E-state index >= 15 is 0 Å². The third-order valence-corrected chi connectivity index (χ3v) is 6.11. The van der Waals surface area contributed by atoms with Crippen LogP contribution in [0.5, 0.6) is 5.75 Å². The molecule has 7 heteroatoms. The highest BCUT2D eigenvalue weighted by Gasteiger charge is 2.12. The fourth-order valence-electron chi connectivity index (χ4n) is 2.89. The lowest BCUT2D eigenvalue weighted by Gasteiger charge is -2.12. The van der Waals surface area contributed by atoms with Gasteiger partial charge in [0.1, 0.15) is 5.75 Å². The summed E-state index contributed by atoms with van der Waals surface area (Å²) in [6, 6.07) is 15.3. The van der Waals surface area contributed by atoms with Gasteiger partial charge in [-0.1, -0.05) is 35.4 Å². The van der Waals surface area contributed by atoms with Crippen LogP contribution < -0.4 is 10.1 Å². The van der Waals surface area contributed by atoms with Gasteiger partial charge in [-0.15, -0.1) is 0 Å². The predicted molar refractivity (Wildman–Crippen MR) is 135 cm³/mol. The lowest BCUT2D eigenvalue weighted by Crippen LogP contribution is -2.20. The van der Waals surface area contributed by atoms with E-state index in [4.69, 9.17) is 16.3 Å². The third kappa shape index (κ3) is 6.42. The summed E-state index contributed by atoms with van der Waals surface area (Å²) in [4.78, 5) is 16.8. The monoisotopic (exact) mass is 562 g/mol. The number of hydrogen-bond acceptors (Lipinski definition) is 3. The standard InChI is InChI=1S/C24H21Br2ClN2O2/c1-14-4-7-22(16(3)8-14)28-12-17-9-19(25)24(20(26)10-17)31-13-23(30)29-18-6-5-15(2)21(27)11-18/h4-12H,13H2,1-3H3,(H,29,30). The molecule has 0 unspecified atom stereocenters. The van der Waals surface area contributed by atoms with Crippen molar-refractivity contribution < 1.29 is 9.53 Å². The molecule has 4 nitrogen and oxygen atoms in total. The number of anilines is 1. The SMILES string of the molecule is Cc1ccc(N=Cc2cc(Br)c(OCC(=O)Nc3ccc(C)c(Cl)c3)c(Br)c2)c(C)c1. The molecule has 3 aromatic carbocycles. The van der Waals surface area contributed by atoms with Crippen LogP contribution in [0.2, 0.25) is 5.02 Å². The molecule has 31 heavy (non-hydrogen) atoms. The average Bonchev–Trinajstić information content (AvgIpc) is 2.69. The molecule has 0 heterocycles. The average molecular weight is 565 g/mol. The summed E-state index contributed by atoms with van der Waals surface area (Å²) in [7, 11) is 0. The summed E-state index contributed by atoms with van der Waals surface area (Å²) in [5.74, 6) is 0.264. The highest BCUT2D eigenvalue weighted by Crippen LogP contribution is 2.34. The van der Waals surface area contributed by atoms with Gasteiger partial charge in [0.2, 0.25) is 0 Å². The number of benzene rings is 3. The Morgan fingerprint density at radius 2 is 1.74 bits per heavy atom. The van der Waals surface area contributed by atoms with Gasteiger partial charge in [-0.2, -0.15) is 0 Å². The molecule has 3 rings (SSSR count). The Bertz CT molecular complexity index is 1140. The van der Waals surface area contributed by atoms with Crippen LogP contribution in [0, 0.1) is 20.8 Å². The number of halogens is 3. The molecule has 160 valence electrons. The molecule has 0 fully saturated rings. The Hall–Kier alpha value is -2.15. The van der Waals surface area contributed by atoms with E-state index in [1.165, 1.54) is 5.56 Å². The van der Waals surface area contributed by atoms with E-state index in [-0.39, 0.29) is 12.5 Å². The highest BCUT2D eigenvalue weighted by atomic mass is 79.9. The molecule has 0 bridgehead atoms. The van der Waals surface area contributed by atoms with Gasteiger partial charge in [0.05, 0.1) is 14.6 Å². The molecule has 1 amide bonds. The van der Waals surface area contributed by atoms with Crippen molar-refractivity contribution in [2.45, 2.75) is 20.8 Å². The largest absolute Gasteiger partial charge is 0.481 e. The zero-order valence-corrected chi connectivity index (χ0v) is 21.2. The minimum absolute atomic E-state index is 0.140. The number of nitrogens with zero attached hydrogens (tertiary/aromatic N) is 1. The Morgan fingerprint density at radius 3 is 2.39 bits per heavy atom. The van der Waals surface area contributed by atoms with Gasteiger partial charge in [-0.3, -0.25) is 9.79 Å². The molecular weight excluding hydrogens is 544 g/mol. The maximum atomic E-state index is 12.3. The lowest BCUT2D eigenvalue weighted by atomic mass is 10.1. The second-order valence-corrected chi connectivity index (χ2v) is 9.28. The Labute approximate surface area is 203 Å². The van der Waals surface area contributed by atoms with Crippen molar-refractivity contribution in [3.05, 3.63) is 84.8 Å². The van der Waals surface area contributed by atoms with Gasteiger partial charge < -0.3 is 10.1 Å². The molecular formula is C24H21Br2ClN2O2. The summed E-state index contributed by atoms with van der Waals surface area (Å²) in [5, 5.41) is 3.38. The van der Waals surface area contributed by atoms with Crippen molar-refractivity contribution in [3.63, 3.8) is 0 Å². The van der Waals surface area contributed by atoms with E-state index in [1.54, 1.807) is 18.3 Å². The second kappa shape index (κ2) is 10.4. The van der Waals surface area contributed by atoms with Crippen LogP contribution in [0.4, 0.5) is 11.4 Å². The molecule has 0 atom stereocenters. The van der Waals surface area contributed by atoms with Gasteiger partial charge in [-0.25, -0.2) is 0 Å². The number of ether oxygens (including phenoxy) is 1. The van der Waals surface area contributed by atoms with Crippen molar-refractivity contribution in [1.82, 2.24) is 0 Å². The van der Waals surface area contributed by atoms with Crippen molar-refractivity contribution in [1.29, 1.82) is 0 Å². The minimum atomic E-state index is -0.279. The fraction of sp³-hybridized carbons (Fsp3) is 0.167. The molecule has 0 radical (unpaired) electrons. The smallest absolute Gasteiger partial charge is 0.262 e. The Kier molecular flexibility index (Phi) is 7.92. The predicted octanol–water partition coefficient (Wildman–Crippen LogP) is 7.56. The van der Waals surface area contributed by atoms with Crippen LogP contribution >= 0.6 is 43.5 Å². The Morgan fingerprint density at radius 1 is 1.03 bits per heavy atom. The topological polar surface area (TPSA) is 50.7 Å². The number of nitrogens with one attached hydrogen (secondary N) is 1. The van der Waals surface area contributed by atoms with Crippen molar-refractivity contribution in [2.75, 3.05) is 11.9 Å². The number of carbonyl (C=O) groups is 1. The van der Waals surface area contributed by atoms with Gasteiger partial charge in [0.25, 0.3) is 5.91 Å². The normalized spacial score (nSPS) is 11.0. The fourth-order valence-corrected chi connectivity index (χ4v) is 4.52. The number of hydrogen-bond donors (Lipinski definition) is 1. The Balaban J connectivity index is 1.66. The third-order valence-electron chi connectivity index (χ3n) is 4.53. The van der Waals surface area contributed by atoms with Crippen LogP contribution in [0.25, 0.3) is 0 Å². The molecule has 0 spiro atoms. The van der Waals surface area contributed by atoms with Crippen molar-refractivity contribution in [3.8, 4) is 5.75 Å². The van der Waals surface area contributed by atoms with E-state index in [2.05, 4.69) is 55.2 Å². The van der Waals surface area contributed by atoms with Crippen molar-refractivity contribution >= 4 is 67.0 Å². The molecule has 3 aromatic rings. The number of aliphatic imine (C=N–C) groups is 1. The summed E-state index contributed by atoms with van der Waals surface area (Å²) >= 11 is 13.1.